The van der Waals surface area contributed by atoms with Crippen LogP contribution in [0, 0.1) is 5.82 Å². The number of sulfone groups is 1. The van der Waals surface area contributed by atoms with Gasteiger partial charge in [-0.25, -0.2) is 12.8 Å². The minimum Gasteiger partial charge on any atom is -0.312 e. The fraction of sp³-hybridized carbons (Fsp3) is 0.455. The minimum absolute atomic E-state index is 0.0898. The SMILES string of the molecule is CCS(=O)(=O)CCNCc1cc(F)cc(Cl)c1. The molecule has 0 aromatic heterocycles. The Balaban J connectivity index is 2.41. The molecule has 0 unspecified atom stereocenters. The highest BCUT2D eigenvalue weighted by Gasteiger charge is 2.06. The summed E-state index contributed by atoms with van der Waals surface area (Å²) >= 11 is 5.69. The molecule has 6 heteroatoms. The van der Waals surface area contributed by atoms with Gasteiger partial charge in [-0.3, -0.25) is 0 Å². The predicted octanol–water partition coefficient (Wildman–Crippen LogP) is 2.00. The molecule has 0 atom stereocenters. The highest BCUT2D eigenvalue weighted by Crippen LogP contribution is 2.13. The number of benzene rings is 1. The zero-order valence-electron chi connectivity index (χ0n) is 9.54. The van der Waals surface area contributed by atoms with Crippen LogP contribution < -0.4 is 5.32 Å². The van der Waals surface area contributed by atoms with Crippen molar-refractivity contribution in [2.24, 2.45) is 0 Å². The van der Waals surface area contributed by atoms with Crippen molar-refractivity contribution in [3.05, 3.63) is 34.6 Å². The first-order valence-corrected chi connectivity index (χ1v) is 7.49. The summed E-state index contributed by atoms with van der Waals surface area (Å²) in [5, 5.41) is 3.28. The molecule has 1 N–H and O–H groups in total. The zero-order chi connectivity index (χ0) is 12.9. The molecule has 0 radical (unpaired) electrons. The number of halogens is 2. The van der Waals surface area contributed by atoms with E-state index in [4.69, 9.17) is 11.6 Å². The van der Waals surface area contributed by atoms with Crippen LogP contribution in [0.2, 0.25) is 5.02 Å². The van der Waals surface area contributed by atoms with Crippen LogP contribution in [0.1, 0.15) is 12.5 Å². The van der Waals surface area contributed by atoms with Gasteiger partial charge in [0.1, 0.15) is 5.82 Å². The van der Waals surface area contributed by atoms with Crippen LogP contribution in [0.4, 0.5) is 4.39 Å². The van der Waals surface area contributed by atoms with Gasteiger partial charge in [-0.15, -0.1) is 0 Å². The van der Waals surface area contributed by atoms with E-state index in [2.05, 4.69) is 5.32 Å². The summed E-state index contributed by atoms with van der Waals surface area (Å²) in [5.74, 6) is -0.164. The second-order valence-corrected chi connectivity index (χ2v) is 6.60. The molecule has 0 saturated heterocycles. The number of hydrogen-bond donors (Lipinski definition) is 1. The molecule has 0 spiro atoms. The predicted molar refractivity (Wildman–Crippen MR) is 67.4 cm³/mol. The van der Waals surface area contributed by atoms with E-state index in [9.17, 15) is 12.8 Å². The molecule has 0 aliphatic heterocycles. The lowest BCUT2D eigenvalue weighted by Crippen LogP contribution is -2.23. The van der Waals surface area contributed by atoms with Crippen molar-refractivity contribution < 1.29 is 12.8 Å². The van der Waals surface area contributed by atoms with Gasteiger partial charge in [0, 0.05) is 23.9 Å². The fourth-order valence-electron chi connectivity index (χ4n) is 1.32. The van der Waals surface area contributed by atoms with Gasteiger partial charge in [0.05, 0.1) is 5.75 Å². The molecule has 17 heavy (non-hydrogen) atoms. The fourth-order valence-corrected chi connectivity index (χ4v) is 2.31. The van der Waals surface area contributed by atoms with E-state index in [0.717, 1.165) is 0 Å². The summed E-state index contributed by atoms with van der Waals surface area (Å²) in [7, 11) is -2.95. The molecule has 1 aromatic rings. The van der Waals surface area contributed by atoms with E-state index in [1.54, 1.807) is 13.0 Å². The van der Waals surface area contributed by atoms with Crippen LogP contribution in [0.25, 0.3) is 0 Å². The van der Waals surface area contributed by atoms with Crippen molar-refractivity contribution in [1.29, 1.82) is 0 Å². The lowest BCUT2D eigenvalue weighted by molar-refractivity contribution is 0.591. The number of hydrogen-bond acceptors (Lipinski definition) is 3. The topological polar surface area (TPSA) is 46.2 Å². The van der Waals surface area contributed by atoms with E-state index >= 15 is 0 Å². The van der Waals surface area contributed by atoms with Gasteiger partial charge >= 0.3 is 0 Å². The number of nitrogens with one attached hydrogen (secondary N) is 1. The van der Waals surface area contributed by atoms with Crippen LogP contribution in [-0.4, -0.2) is 26.5 Å². The van der Waals surface area contributed by atoms with Gasteiger partial charge in [-0.1, -0.05) is 18.5 Å². The van der Waals surface area contributed by atoms with Gasteiger partial charge in [0.25, 0.3) is 0 Å². The second-order valence-electron chi connectivity index (χ2n) is 3.69. The molecule has 1 rings (SSSR count). The van der Waals surface area contributed by atoms with Gasteiger partial charge in [-0.05, 0) is 23.8 Å². The van der Waals surface area contributed by atoms with Crippen LogP contribution in [0.3, 0.4) is 0 Å². The van der Waals surface area contributed by atoms with Crippen molar-refractivity contribution in [3.8, 4) is 0 Å². The summed E-state index contributed by atoms with van der Waals surface area (Å²) < 4.78 is 35.4. The van der Waals surface area contributed by atoms with Crippen LogP contribution in [-0.2, 0) is 16.4 Å². The maximum atomic E-state index is 13.0. The quantitative estimate of drug-likeness (QED) is 0.810. The highest BCUT2D eigenvalue weighted by atomic mass is 35.5. The van der Waals surface area contributed by atoms with Crippen LogP contribution in [0.5, 0.6) is 0 Å². The zero-order valence-corrected chi connectivity index (χ0v) is 11.1. The van der Waals surface area contributed by atoms with Crippen LogP contribution in [0.15, 0.2) is 18.2 Å². The van der Waals surface area contributed by atoms with E-state index in [-0.39, 0.29) is 11.5 Å². The molecular formula is C11H15ClFNO2S. The largest absolute Gasteiger partial charge is 0.312 e. The molecule has 0 amide bonds. The molecule has 0 fully saturated rings. The third-order valence-electron chi connectivity index (χ3n) is 2.28. The lowest BCUT2D eigenvalue weighted by atomic mass is 10.2. The Morgan fingerprint density at radius 2 is 2.06 bits per heavy atom. The summed E-state index contributed by atoms with van der Waals surface area (Å²) in [4.78, 5) is 0. The highest BCUT2D eigenvalue weighted by molar-refractivity contribution is 7.91. The van der Waals surface area contributed by atoms with E-state index < -0.39 is 15.7 Å². The molecule has 96 valence electrons. The van der Waals surface area contributed by atoms with Crippen molar-refractivity contribution in [1.82, 2.24) is 5.32 Å². The first-order valence-electron chi connectivity index (χ1n) is 5.29. The normalized spacial score (nSPS) is 11.7. The number of rotatable bonds is 6. The Labute approximate surface area is 106 Å². The second kappa shape index (κ2) is 6.33. The monoisotopic (exact) mass is 279 g/mol. The molecule has 1 aromatic carbocycles. The summed E-state index contributed by atoms with van der Waals surface area (Å²) in [6.07, 6.45) is 0. The first-order chi connectivity index (χ1) is 7.93. The summed E-state index contributed by atoms with van der Waals surface area (Å²) in [6, 6.07) is 4.24. The smallest absolute Gasteiger partial charge is 0.151 e. The standard InChI is InChI=1S/C11H15ClFNO2S/c1-2-17(15,16)4-3-14-8-9-5-10(12)7-11(13)6-9/h5-7,14H,2-4,8H2,1H3. The Hall–Kier alpha value is -0.650. The van der Waals surface area contributed by atoms with Crippen molar-refractivity contribution in [2.45, 2.75) is 13.5 Å². The van der Waals surface area contributed by atoms with Gasteiger partial charge < -0.3 is 5.32 Å². The van der Waals surface area contributed by atoms with E-state index in [1.807, 2.05) is 0 Å². The molecule has 0 bridgehead atoms. The maximum Gasteiger partial charge on any atom is 0.151 e. The Bertz CT molecular complexity index is 456. The molecule has 0 aliphatic carbocycles. The van der Waals surface area contributed by atoms with Crippen LogP contribution >= 0.6 is 11.6 Å². The molecule has 0 heterocycles. The van der Waals surface area contributed by atoms with E-state index in [1.165, 1.54) is 12.1 Å². The molecule has 3 nitrogen and oxygen atoms in total. The third kappa shape index (κ3) is 5.48. The maximum absolute atomic E-state index is 13.0. The van der Waals surface area contributed by atoms with E-state index in [0.29, 0.717) is 23.7 Å². The third-order valence-corrected chi connectivity index (χ3v) is 4.21. The molecule has 0 aliphatic rings. The Kier molecular flexibility index (Phi) is 5.36. The Morgan fingerprint density at radius 3 is 2.65 bits per heavy atom. The van der Waals surface area contributed by atoms with Crippen molar-refractivity contribution >= 4 is 21.4 Å². The summed E-state index contributed by atoms with van der Waals surface area (Å²) in [6.45, 7) is 2.36. The van der Waals surface area contributed by atoms with Gasteiger partial charge in [-0.2, -0.15) is 0 Å². The molecule has 0 saturated carbocycles. The summed E-state index contributed by atoms with van der Waals surface area (Å²) in [5.41, 5.74) is 0.698. The molecular weight excluding hydrogens is 265 g/mol. The minimum atomic E-state index is -2.95. The lowest BCUT2D eigenvalue weighted by Gasteiger charge is -2.05. The van der Waals surface area contributed by atoms with Gasteiger partial charge in [0.2, 0.25) is 0 Å². The van der Waals surface area contributed by atoms with Gasteiger partial charge in [0.15, 0.2) is 9.84 Å². The average molecular weight is 280 g/mol. The average Bonchev–Trinajstić information content (AvgIpc) is 2.23. The first kappa shape index (κ1) is 14.4. The Morgan fingerprint density at radius 1 is 1.35 bits per heavy atom. The van der Waals surface area contributed by atoms with Crippen molar-refractivity contribution in [2.75, 3.05) is 18.1 Å². The van der Waals surface area contributed by atoms with Crippen molar-refractivity contribution in [3.63, 3.8) is 0 Å².